The monoisotopic (exact) mass is 194 g/mol. The Balaban J connectivity index is 2.25. The van der Waals surface area contributed by atoms with Crippen molar-refractivity contribution in [2.24, 2.45) is 5.41 Å². The van der Waals surface area contributed by atoms with Gasteiger partial charge in [0.15, 0.2) is 0 Å². The first kappa shape index (κ1) is 9.19. The first-order valence-electron chi connectivity index (χ1n) is 4.59. The maximum Gasteiger partial charge on any atom is 0.312 e. The van der Waals surface area contributed by atoms with Crippen LogP contribution in [0.25, 0.3) is 0 Å². The molecular formula is C11H11FO2. The van der Waals surface area contributed by atoms with Crippen LogP contribution >= 0.6 is 0 Å². The van der Waals surface area contributed by atoms with Crippen molar-refractivity contribution in [2.75, 3.05) is 0 Å². The Bertz CT molecular complexity index is 344. The highest BCUT2D eigenvalue weighted by atomic mass is 19.1. The summed E-state index contributed by atoms with van der Waals surface area (Å²) >= 11 is 0. The maximum absolute atomic E-state index is 13.8. The van der Waals surface area contributed by atoms with E-state index >= 15 is 0 Å². The molecule has 1 unspecified atom stereocenters. The van der Waals surface area contributed by atoms with Crippen LogP contribution in [0.1, 0.15) is 24.6 Å². The van der Waals surface area contributed by atoms with Crippen LogP contribution in [0.2, 0.25) is 0 Å². The molecular weight excluding hydrogens is 183 g/mol. The molecule has 0 heterocycles. The second-order valence-electron chi connectivity index (χ2n) is 3.73. The molecule has 0 amide bonds. The SMILES string of the molecule is O=C(O)C1(C(F)c2ccccc2)CC1. The lowest BCUT2D eigenvalue weighted by Gasteiger charge is -2.15. The van der Waals surface area contributed by atoms with Gasteiger partial charge in [-0.25, -0.2) is 4.39 Å². The number of carboxylic acid groups (broad SMARTS) is 1. The van der Waals surface area contributed by atoms with Crippen LogP contribution in [-0.4, -0.2) is 11.1 Å². The molecule has 1 aliphatic carbocycles. The quantitative estimate of drug-likeness (QED) is 0.802. The van der Waals surface area contributed by atoms with Crippen LogP contribution in [0.3, 0.4) is 0 Å². The smallest absolute Gasteiger partial charge is 0.312 e. The van der Waals surface area contributed by atoms with Gasteiger partial charge in [-0.2, -0.15) is 0 Å². The zero-order chi connectivity index (χ0) is 10.2. The van der Waals surface area contributed by atoms with Gasteiger partial charge in [-0.05, 0) is 18.4 Å². The zero-order valence-corrected chi connectivity index (χ0v) is 7.61. The standard InChI is InChI=1S/C11H11FO2/c12-9(8-4-2-1-3-5-8)11(6-7-11)10(13)14/h1-5,9H,6-7H2,(H,13,14). The lowest BCUT2D eigenvalue weighted by Crippen LogP contribution is -2.20. The van der Waals surface area contributed by atoms with E-state index in [1.165, 1.54) is 0 Å². The van der Waals surface area contributed by atoms with Gasteiger partial charge in [-0.3, -0.25) is 4.79 Å². The average molecular weight is 194 g/mol. The molecule has 1 atom stereocenters. The molecule has 1 saturated carbocycles. The van der Waals surface area contributed by atoms with Crippen molar-refractivity contribution < 1.29 is 14.3 Å². The molecule has 0 bridgehead atoms. The molecule has 2 nitrogen and oxygen atoms in total. The summed E-state index contributed by atoms with van der Waals surface area (Å²) in [6.07, 6.45) is -0.488. The fourth-order valence-electron chi connectivity index (χ4n) is 1.65. The van der Waals surface area contributed by atoms with Crippen LogP contribution in [0.4, 0.5) is 4.39 Å². The van der Waals surface area contributed by atoms with Crippen LogP contribution in [-0.2, 0) is 4.79 Å². The maximum atomic E-state index is 13.8. The Labute approximate surface area is 81.4 Å². The van der Waals surface area contributed by atoms with Crippen LogP contribution in [0.15, 0.2) is 30.3 Å². The predicted molar refractivity (Wildman–Crippen MR) is 49.6 cm³/mol. The van der Waals surface area contributed by atoms with Crippen molar-refractivity contribution in [3.8, 4) is 0 Å². The molecule has 3 heteroatoms. The number of alkyl halides is 1. The number of rotatable bonds is 3. The first-order chi connectivity index (χ1) is 6.67. The predicted octanol–water partition coefficient (Wildman–Crippen LogP) is 2.56. The van der Waals surface area contributed by atoms with Gasteiger partial charge in [0.25, 0.3) is 0 Å². The van der Waals surface area contributed by atoms with E-state index in [2.05, 4.69) is 0 Å². The van der Waals surface area contributed by atoms with Gasteiger partial charge in [-0.1, -0.05) is 30.3 Å². The minimum Gasteiger partial charge on any atom is -0.481 e. The fraction of sp³-hybridized carbons (Fsp3) is 0.364. The third-order valence-corrected chi connectivity index (χ3v) is 2.79. The highest BCUT2D eigenvalue weighted by molar-refractivity contribution is 5.79. The van der Waals surface area contributed by atoms with Gasteiger partial charge in [-0.15, -0.1) is 0 Å². The van der Waals surface area contributed by atoms with Crippen molar-refractivity contribution in [1.82, 2.24) is 0 Å². The van der Waals surface area contributed by atoms with Gasteiger partial charge in [0.05, 0.1) is 0 Å². The van der Waals surface area contributed by atoms with Crippen molar-refractivity contribution in [1.29, 1.82) is 0 Å². The first-order valence-corrected chi connectivity index (χ1v) is 4.59. The van der Waals surface area contributed by atoms with Crippen LogP contribution < -0.4 is 0 Å². The van der Waals surface area contributed by atoms with Gasteiger partial charge in [0.1, 0.15) is 11.6 Å². The molecule has 2 rings (SSSR count). The number of carboxylic acids is 1. The molecule has 0 aromatic heterocycles. The minimum atomic E-state index is -1.37. The molecule has 0 spiro atoms. The molecule has 0 saturated heterocycles. The number of carbonyl (C=O) groups is 1. The van der Waals surface area contributed by atoms with E-state index in [-0.39, 0.29) is 0 Å². The molecule has 74 valence electrons. The van der Waals surface area contributed by atoms with Gasteiger partial charge >= 0.3 is 5.97 Å². The van der Waals surface area contributed by atoms with E-state index in [9.17, 15) is 9.18 Å². The summed E-state index contributed by atoms with van der Waals surface area (Å²) in [6.45, 7) is 0. The fourth-order valence-corrected chi connectivity index (χ4v) is 1.65. The second kappa shape index (κ2) is 3.08. The van der Waals surface area contributed by atoms with E-state index in [1.54, 1.807) is 30.3 Å². The molecule has 0 radical (unpaired) electrons. The van der Waals surface area contributed by atoms with Crippen molar-refractivity contribution >= 4 is 5.97 Å². The summed E-state index contributed by atoms with van der Waals surface area (Å²) < 4.78 is 13.8. The van der Waals surface area contributed by atoms with Crippen LogP contribution in [0, 0.1) is 5.41 Å². The minimum absolute atomic E-state index is 0.443. The Morgan fingerprint density at radius 2 is 1.93 bits per heavy atom. The molecule has 1 fully saturated rings. The Morgan fingerprint density at radius 1 is 1.36 bits per heavy atom. The highest BCUT2D eigenvalue weighted by Gasteiger charge is 2.57. The number of aliphatic carboxylic acids is 1. The van der Waals surface area contributed by atoms with Gasteiger partial charge in [0.2, 0.25) is 0 Å². The molecule has 14 heavy (non-hydrogen) atoms. The van der Waals surface area contributed by atoms with E-state index in [0.29, 0.717) is 18.4 Å². The summed E-state index contributed by atoms with van der Waals surface area (Å²) in [6, 6.07) is 8.50. The summed E-state index contributed by atoms with van der Waals surface area (Å²) in [5.41, 5.74) is -0.672. The Hall–Kier alpha value is -1.38. The Kier molecular flexibility index (Phi) is 2.02. The lowest BCUT2D eigenvalue weighted by atomic mass is 9.94. The molecule has 1 aromatic rings. The van der Waals surface area contributed by atoms with Crippen molar-refractivity contribution in [3.05, 3.63) is 35.9 Å². The number of halogens is 1. The average Bonchev–Trinajstić information content (AvgIpc) is 2.99. The summed E-state index contributed by atoms with van der Waals surface area (Å²) in [5.74, 6) is -1.02. The second-order valence-corrected chi connectivity index (χ2v) is 3.73. The number of hydrogen-bond donors (Lipinski definition) is 1. The third kappa shape index (κ3) is 1.29. The van der Waals surface area contributed by atoms with E-state index in [4.69, 9.17) is 5.11 Å². The summed E-state index contributed by atoms with van der Waals surface area (Å²) in [4.78, 5) is 10.9. The van der Waals surface area contributed by atoms with Crippen molar-refractivity contribution in [3.63, 3.8) is 0 Å². The topological polar surface area (TPSA) is 37.3 Å². The van der Waals surface area contributed by atoms with E-state index < -0.39 is 17.6 Å². The van der Waals surface area contributed by atoms with Crippen LogP contribution in [0.5, 0.6) is 0 Å². The normalized spacial score (nSPS) is 20.1. The van der Waals surface area contributed by atoms with Crippen molar-refractivity contribution in [2.45, 2.75) is 19.0 Å². The largest absolute Gasteiger partial charge is 0.481 e. The lowest BCUT2D eigenvalue weighted by molar-refractivity contribution is -0.146. The molecule has 1 N–H and O–H groups in total. The van der Waals surface area contributed by atoms with Gasteiger partial charge in [0, 0.05) is 0 Å². The number of benzene rings is 1. The molecule has 1 aromatic carbocycles. The van der Waals surface area contributed by atoms with E-state index in [1.807, 2.05) is 0 Å². The number of hydrogen-bond acceptors (Lipinski definition) is 1. The summed E-state index contributed by atoms with van der Waals surface area (Å²) in [5, 5.41) is 8.90. The highest BCUT2D eigenvalue weighted by Crippen LogP contribution is 2.56. The molecule has 1 aliphatic rings. The zero-order valence-electron chi connectivity index (χ0n) is 7.61. The van der Waals surface area contributed by atoms with Gasteiger partial charge < -0.3 is 5.11 Å². The third-order valence-electron chi connectivity index (χ3n) is 2.79. The van der Waals surface area contributed by atoms with E-state index in [0.717, 1.165) is 0 Å². The summed E-state index contributed by atoms with van der Waals surface area (Å²) in [7, 11) is 0. The molecule has 0 aliphatic heterocycles. The Morgan fingerprint density at radius 3 is 2.36 bits per heavy atom.